The molecule has 0 bridgehead atoms. The van der Waals surface area contributed by atoms with Crippen LogP contribution in [0.15, 0.2) is 24.3 Å². The van der Waals surface area contributed by atoms with Crippen LogP contribution in [0.2, 0.25) is 5.02 Å². The Kier molecular flexibility index (Phi) is 4.99. The summed E-state index contributed by atoms with van der Waals surface area (Å²) in [4.78, 5) is 0. The topological polar surface area (TPSA) is 12.0 Å². The number of rotatable bonds is 5. The third kappa shape index (κ3) is 4.12. The highest BCUT2D eigenvalue weighted by Crippen LogP contribution is 2.13. The van der Waals surface area contributed by atoms with E-state index in [1.807, 2.05) is 19.2 Å². The third-order valence-corrected chi connectivity index (χ3v) is 2.64. The Bertz CT molecular complexity index is 256. The molecule has 0 saturated carbocycles. The summed E-state index contributed by atoms with van der Waals surface area (Å²) in [7, 11) is 2.00. The lowest BCUT2D eigenvalue weighted by molar-refractivity contribution is 0.505. The van der Waals surface area contributed by atoms with Crippen molar-refractivity contribution < 1.29 is 0 Å². The molecule has 1 N–H and O–H groups in total. The van der Waals surface area contributed by atoms with E-state index in [1.165, 1.54) is 12.0 Å². The molecule has 0 aromatic heterocycles. The largest absolute Gasteiger partial charge is 0.319 e. The van der Waals surface area contributed by atoms with Crippen molar-refractivity contribution in [2.45, 2.75) is 19.8 Å². The third-order valence-electron chi connectivity index (χ3n) is 2.39. The lowest BCUT2D eigenvalue weighted by atomic mass is 10.0. The van der Waals surface area contributed by atoms with Crippen molar-refractivity contribution in [3.63, 3.8) is 0 Å². The predicted molar refractivity (Wildman–Crippen MR) is 62.9 cm³/mol. The van der Waals surface area contributed by atoms with Gasteiger partial charge in [0.15, 0.2) is 0 Å². The van der Waals surface area contributed by atoms with Crippen LogP contribution < -0.4 is 5.32 Å². The molecule has 1 aromatic carbocycles. The highest BCUT2D eigenvalue weighted by atomic mass is 35.5. The summed E-state index contributed by atoms with van der Waals surface area (Å²) < 4.78 is 0. The summed E-state index contributed by atoms with van der Waals surface area (Å²) in [5.74, 6) is 0.732. The minimum absolute atomic E-state index is 0.732. The average molecular weight is 212 g/mol. The van der Waals surface area contributed by atoms with Gasteiger partial charge in [-0.15, -0.1) is 0 Å². The van der Waals surface area contributed by atoms with Crippen molar-refractivity contribution in [2.24, 2.45) is 5.92 Å². The average Bonchev–Trinajstić information content (AvgIpc) is 2.17. The van der Waals surface area contributed by atoms with Gasteiger partial charge in [0, 0.05) is 5.02 Å². The molecule has 14 heavy (non-hydrogen) atoms. The zero-order valence-corrected chi connectivity index (χ0v) is 9.64. The fraction of sp³-hybridized carbons (Fsp3) is 0.500. The summed E-state index contributed by atoms with van der Waals surface area (Å²) in [6.07, 6.45) is 2.36. The number of hydrogen-bond donors (Lipinski definition) is 1. The Morgan fingerprint density at radius 2 is 1.93 bits per heavy atom. The quantitative estimate of drug-likeness (QED) is 0.789. The zero-order chi connectivity index (χ0) is 10.4. The van der Waals surface area contributed by atoms with E-state index in [9.17, 15) is 0 Å². The molecule has 0 spiro atoms. The van der Waals surface area contributed by atoms with Crippen LogP contribution in [0, 0.1) is 5.92 Å². The van der Waals surface area contributed by atoms with Gasteiger partial charge < -0.3 is 5.32 Å². The van der Waals surface area contributed by atoms with Crippen LogP contribution in [0.4, 0.5) is 0 Å². The maximum Gasteiger partial charge on any atom is 0.0406 e. The van der Waals surface area contributed by atoms with Gasteiger partial charge in [0.25, 0.3) is 0 Å². The molecule has 1 unspecified atom stereocenters. The van der Waals surface area contributed by atoms with E-state index in [2.05, 4.69) is 24.4 Å². The van der Waals surface area contributed by atoms with Crippen molar-refractivity contribution in [3.05, 3.63) is 34.9 Å². The van der Waals surface area contributed by atoms with Gasteiger partial charge in [-0.3, -0.25) is 0 Å². The van der Waals surface area contributed by atoms with Crippen molar-refractivity contribution in [1.29, 1.82) is 0 Å². The summed E-state index contributed by atoms with van der Waals surface area (Å²) in [6, 6.07) is 8.13. The number of halogens is 1. The molecule has 0 radical (unpaired) electrons. The number of hydrogen-bond acceptors (Lipinski definition) is 1. The number of nitrogens with one attached hydrogen (secondary N) is 1. The minimum Gasteiger partial charge on any atom is -0.319 e. The van der Waals surface area contributed by atoms with Crippen molar-refractivity contribution in [3.8, 4) is 0 Å². The van der Waals surface area contributed by atoms with Gasteiger partial charge in [0.2, 0.25) is 0 Å². The van der Waals surface area contributed by atoms with Gasteiger partial charge in [0.05, 0.1) is 0 Å². The smallest absolute Gasteiger partial charge is 0.0406 e. The molecule has 0 heterocycles. The summed E-state index contributed by atoms with van der Waals surface area (Å²) in [5, 5.41) is 4.01. The Hall–Kier alpha value is -0.530. The molecule has 1 aromatic rings. The Morgan fingerprint density at radius 1 is 1.29 bits per heavy atom. The normalized spacial score (nSPS) is 12.8. The molecule has 1 rings (SSSR count). The molecule has 1 nitrogen and oxygen atoms in total. The predicted octanol–water partition coefficient (Wildman–Crippen LogP) is 3.13. The van der Waals surface area contributed by atoms with E-state index >= 15 is 0 Å². The van der Waals surface area contributed by atoms with Crippen LogP contribution in [0.1, 0.15) is 18.9 Å². The second kappa shape index (κ2) is 6.05. The molecule has 78 valence electrons. The molecule has 0 fully saturated rings. The number of benzene rings is 1. The SMILES string of the molecule is CNCC(C)CCc1ccc(Cl)cc1. The molecule has 0 aliphatic heterocycles. The van der Waals surface area contributed by atoms with Crippen LogP contribution in [-0.2, 0) is 6.42 Å². The van der Waals surface area contributed by atoms with E-state index in [1.54, 1.807) is 0 Å². The monoisotopic (exact) mass is 211 g/mol. The summed E-state index contributed by atoms with van der Waals surface area (Å²) in [6.45, 7) is 3.36. The molecule has 0 amide bonds. The van der Waals surface area contributed by atoms with E-state index in [0.717, 1.165) is 23.9 Å². The molecular weight excluding hydrogens is 194 g/mol. The van der Waals surface area contributed by atoms with Crippen LogP contribution in [0.5, 0.6) is 0 Å². The van der Waals surface area contributed by atoms with Gasteiger partial charge in [-0.05, 0) is 50.0 Å². The lowest BCUT2D eigenvalue weighted by Crippen LogP contribution is -2.16. The van der Waals surface area contributed by atoms with Gasteiger partial charge in [-0.25, -0.2) is 0 Å². The number of aryl methyl sites for hydroxylation is 1. The summed E-state index contributed by atoms with van der Waals surface area (Å²) >= 11 is 5.81. The van der Waals surface area contributed by atoms with Gasteiger partial charge >= 0.3 is 0 Å². The van der Waals surface area contributed by atoms with Crippen LogP contribution in [0.25, 0.3) is 0 Å². The van der Waals surface area contributed by atoms with Crippen molar-refractivity contribution >= 4 is 11.6 Å². The van der Waals surface area contributed by atoms with E-state index < -0.39 is 0 Å². The van der Waals surface area contributed by atoms with E-state index in [0.29, 0.717) is 0 Å². The van der Waals surface area contributed by atoms with Gasteiger partial charge in [-0.1, -0.05) is 30.7 Å². The van der Waals surface area contributed by atoms with Gasteiger partial charge in [-0.2, -0.15) is 0 Å². The van der Waals surface area contributed by atoms with Crippen LogP contribution >= 0.6 is 11.6 Å². The lowest BCUT2D eigenvalue weighted by Gasteiger charge is -2.10. The highest BCUT2D eigenvalue weighted by Gasteiger charge is 2.01. The molecule has 0 aliphatic carbocycles. The van der Waals surface area contributed by atoms with Crippen molar-refractivity contribution in [1.82, 2.24) is 5.32 Å². The maximum atomic E-state index is 5.81. The zero-order valence-electron chi connectivity index (χ0n) is 8.89. The van der Waals surface area contributed by atoms with E-state index in [4.69, 9.17) is 11.6 Å². The maximum absolute atomic E-state index is 5.81. The molecule has 2 heteroatoms. The fourth-order valence-corrected chi connectivity index (χ4v) is 1.64. The molecule has 0 aliphatic rings. The first-order valence-corrected chi connectivity index (χ1v) is 5.49. The first-order valence-electron chi connectivity index (χ1n) is 5.11. The Labute approximate surface area is 91.5 Å². The minimum atomic E-state index is 0.732. The van der Waals surface area contributed by atoms with E-state index in [-0.39, 0.29) is 0 Å². The first-order chi connectivity index (χ1) is 6.72. The van der Waals surface area contributed by atoms with Crippen LogP contribution in [0.3, 0.4) is 0 Å². The van der Waals surface area contributed by atoms with Crippen LogP contribution in [-0.4, -0.2) is 13.6 Å². The Morgan fingerprint density at radius 3 is 2.50 bits per heavy atom. The Balaban J connectivity index is 2.34. The van der Waals surface area contributed by atoms with Crippen molar-refractivity contribution in [2.75, 3.05) is 13.6 Å². The summed E-state index contributed by atoms with van der Waals surface area (Å²) in [5.41, 5.74) is 1.37. The molecule has 0 saturated heterocycles. The molecule has 1 atom stereocenters. The second-order valence-corrected chi connectivity index (χ2v) is 4.26. The fourth-order valence-electron chi connectivity index (χ4n) is 1.51. The highest BCUT2D eigenvalue weighted by molar-refractivity contribution is 6.30. The van der Waals surface area contributed by atoms with Gasteiger partial charge in [0.1, 0.15) is 0 Å². The second-order valence-electron chi connectivity index (χ2n) is 3.83. The molecular formula is C12H18ClN. The first kappa shape index (κ1) is 11.5. The standard InChI is InChI=1S/C12H18ClN/c1-10(9-14-2)3-4-11-5-7-12(13)8-6-11/h5-8,10,14H,3-4,9H2,1-2H3.